The van der Waals surface area contributed by atoms with Gasteiger partial charge < -0.3 is 5.32 Å². The van der Waals surface area contributed by atoms with Gasteiger partial charge in [-0.05, 0) is 36.2 Å². The zero-order valence-electron chi connectivity index (χ0n) is 10.9. The van der Waals surface area contributed by atoms with Gasteiger partial charge in [0.05, 0.1) is 11.6 Å². The third-order valence-electron chi connectivity index (χ3n) is 2.99. The first kappa shape index (κ1) is 14.8. The predicted molar refractivity (Wildman–Crippen MR) is 81.2 cm³/mol. The Labute approximate surface area is 127 Å². The van der Waals surface area contributed by atoms with E-state index in [1.165, 1.54) is 0 Å². The highest BCUT2D eigenvalue weighted by Crippen LogP contribution is 2.20. The molecule has 0 aliphatic rings. The molecule has 0 saturated heterocycles. The van der Waals surface area contributed by atoms with Gasteiger partial charge in [-0.15, -0.1) is 0 Å². The molecular weight excluding hydrogens is 295 g/mol. The van der Waals surface area contributed by atoms with Crippen LogP contribution in [0.3, 0.4) is 0 Å². The highest BCUT2D eigenvalue weighted by Gasteiger charge is 2.16. The number of amides is 1. The van der Waals surface area contributed by atoms with Crippen LogP contribution in [0.25, 0.3) is 0 Å². The van der Waals surface area contributed by atoms with Crippen LogP contribution in [0.2, 0.25) is 10.2 Å². The first-order chi connectivity index (χ1) is 9.61. The van der Waals surface area contributed by atoms with Gasteiger partial charge in [-0.2, -0.15) is 0 Å². The number of benzene rings is 1. The Kier molecular flexibility index (Phi) is 4.99. The van der Waals surface area contributed by atoms with Crippen LogP contribution in [0.15, 0.2) is 42.6 Å². The molecule has 1 heterocycles. The number of halogens is 2. The molecule has 1 N–H and O–H groups in total. The summed E-state index contributed by atoms with van der Waals surface area (Å²) in [4.78, 5) is 16.1. The Morgan fingerprint density at radius 2 is 1.95 bits per heavy atom. The molecule has 20 heavy (non-hydrogen) atoms. The maximum Gasteiger partial charge on any atom is 0.254 e. The minimum absolute atomic E-state index is 0.0870. The number of carbonyl (C=O) groups excluding carboxylic acids is 1. The van der Waals surface area contributed by atoms with Gasteiger partial charge in [-0.25, -0.2) is 4.98 Å². The molecule has 2 aromatic rings. The first-order valence-electron chi connectivity index (χ1n) is 6.28. The third-order valence-corrected chi connectivity index (χ3v) is 3.54. The normalized spacial score (nSPS) is 11.9. The number of hydrogen-bond acceptors (Lipinski definition) is 2. The van der Waals surface area contributed by atoms with E-state index in [0.29, 0.717) is 10.6 Å². The molecule has 0 fully saturated rings. The van der Waals surface area contributed by atoms with E-state index in [1.807, 2.05) is 31.2 Å². The fourth-order valence-electron chi connectivity index (χ4n) is 1.91. The lowest BCUT2D eigenvalue weighted by Gasteiger charge is -2.17. The molecule has 104 valence electrons. The summed E-state index contributed by atoms with van der Waals surface area (Å²) in [5, 5.41) is 3.83. The summed E-state index contributed by atoms with van der Waals surface area (Å²) in [6.07, 6.45) is 2.32. The van der Waals surface area contributed by atoms with Gasteiger partial charge >= 0.3 is 0 Å². The van der Waals surface area contributed by atoms with Crippen LogP contribution < -0.4 is 5.32 Å². The number of aromatic nitrogens is 1. The van der Waals surface area contributed by atoms with Gasteiger partial charge in [0.25, 0.3) is 5.91 Å². The molecular formula is C15H14Cl2N2O. The summed E-state index contributed by atoms with van der Waals surface area (Å²) in [6.45, 7) is 2.00. The largest absolute Gasteiger partial charge is 0.345 e. The number of carbonyl (C=O) groups is 1. The van der Waals surface area contributed by atoms with Gasteiger partial charge in [-0.3, -0.25) is 4.79 Å². The van der Waals surface area contributed by atoms with Gasteiger partial charge in [0.2, 0.25) is 0 Å². The SMILES string of the molecule is CCC(NC(=O)c1cccnc1Cl)c1ccc(Cl)cc1. The summed E-state index contributed by atoms with van der Waals surface area (Å²) in [5.41, 5.74) is 1.38. The Bertz CT molecular complexity index is 599. The van der Waals surface area contributed by atoms with Crippen LogP contribution in [0.4, 0.5) is 0 Å². The fraction of sp³-hybridized carbons (Fsp3) is 0.200. The van der Waals surface area contributed by atoms with Crippen LogP contribution in [-0.4, -0.2) is 10.9 Å². The van der Waals surface area contributed by atoms with Crippen LogP contribution in [0.1, 0.15) is 35.3 Å². The zero-order chi connectivity index (χ0) is 14.5. The van der Waals surface area contributed by atoms with Crippen LogP contribution in [0.5, 0.6) is 0 Å². The molecule has 5 heteroatoms. The van der Waals surface area contributed by atoms with Crippen LogP contribution >= 0.6 is 23.2 Å². The Morgan fingerprint density at radius 3 is 2.55 bits per heavy atom. The standard InChI is InChI=1S/C15H14Cl2N2O/c1-2-13(10-5-7-11(16)8-6-10)19-15(20)12-4-3-9-18-14(12)17/h3-9,13H,2H2,1H3,(H,19,20). The average Bonchev–Trinajstić information content (AvgIpc) is 2.46. The monoisotopic (exact) mass is 308 g/mol. The molecule has 0 bridgehead atoms. The predicted octanol–water partition coefficient (Wildman–Crippen LogP) is 4.27. The van der Waals surface area contributed by atoms with Crippen molar-refractivity contribution in [3.63, 3.8) is 0 Å². The zero-order valence-corrected chi connectivity index (χ0v) is 12.4. The molecule has 3 nitrogen and oxygen atoms in total. The second-order valence-electron chi connectivity index (χ2n) is 4.33. The molecule has 0 radical (unpaired) electrons. The highest BCUT2D eigenvalue weighted by atomic mass is 35.5. The van der Waals surface area contributed by atoms with Crippen molar-refractivity contribution in [3.8, 4) is 0 Å². The van der Waals surface area contributed by atoms with Gasteiger partial charge in [-0.1, -0.05) is 42.3 Å². The van der Waals surface area contributed by atoms with E-state index in [1.54, 1.807) is 18.3 Å². The van der Waals surface area contributed by atoms with Crippen molar-refractivity contribution in [2.24, 2.45) is 0 Å². The molecule has 1 aromatic carbocycles. The van der Waals surface area contributed by atoms with E-state index in [4.69, 9.17) is 23.2 Å². The van der Waals surface area contributed by atoms with E-state index in [2.05, 4.69) is 10.3 Å². The minimum atomic E-state index is -0.232. The number of pyridine rings is 1. The number of nitrogens with zero attached hydrogens (tertiary/aromatic N) is 1. The molecule has 1 atom stereocenters. The molecule has 1 amide bonds. The van der Waals surface area contributed by atoms with E-state index >= 15 is 0 Å². The molecule has 0 spiro atoms. The van der Waals surface area contributed by atoms with Crippen LogP contribution in [-0.2, 0) is 0 Å². The molecule has 1 unspecified atom stereocenters. The summed E-state index contributed by atoms with van der Waals surface area (Å²) in [6, 6.07) is 10.7. The van der Waals surface area contributed by atoms with Crippen molar-refractivity contribution in [2.75, 3.05) is 0 Å². The Balaban J connectivity index is 2.16. The third kappa shape index (κ3) is 3.50. The molecule has 0 aliphatic heterocycles. The topological polar surface area (TPSA) is 42.0 Å². The van der Waals surface area contributed by atoms with Gasteiger partial charge in [0.15, 0.2) is 0 Å². The average molecular weight is 309 g/mol. The fourth-order valence-corrected chi connectivity index (χ4v) is 2.24. The van der Waals surface area contributed by atoms with Crippen molar-refractivity contribution in [2.45, 2.75) is 19.4 Å². The molecule has 1 aromatic heterocycles. The van der Waals surface area contributed by atoms with Crippen molar-refractivity contribution in [1.29, 1.82) is 0 Å². The summed E-state index contributed by atoms with van der Waals surface area (Å²) in [7, 11) is 0. The summed E-state index contributed by atoms with van der Waals surface area (Å²) >= 11 is 11.8. The number of rotatable bonds is 4. The Hall–Kier alpha value is -1.58. The second-order valence-corrected chi connectivity index (χ2v) is 5.12. The lowest BCUT2D eigenvalue weighted by atomic mass is 10.0. The maximum absolute atomic E-state index is 12.2. The summed E-state index contributed by atoms with van der Waals surface area (Å²) < 4.78 is 0. The highest BCUT2D eigenvalue weighted by molar-refractivity contribution is 6.32. The number of hydrogen-bond donors (Lipinski definition) is 1. The van der Waals surface area contributed by atoms with E-state index in [0.717, 1.165) is 12.0 Å². The van der Waals surface area contributed by atoms with E-state index in [-0.39, 0.29) is 17.1 Å². The van der Waals surface area contributed by atoms with Crippen molar-refractivity contribution in [3.05, 3.63) is 63.9 Å². The van der Waals surface area contributed by atoms with Gasteiger partial charge in [0.1, 0.15) is 5.15 Å². The van der Waals surface area contributed by atoms with E-state index in [9.17, 15) is 4.79 Å². The second kappa shape index (κ2) is 6.73. The molecule has 0 saturated carbocycles. The number of nitrogens with one attached hydrogen (secondary N) is 1. The maximum atomic E-state index is 12.2. The quantitative estimate of drug-likeness (QED) is 0.857. The van der Waals surface area contributed by atoms with Crippen molar-refractivity contribution < 1.29 is 4.79 Å². The Morgan fingerprint density at radius 1 is 1.25 bits per heavy atom. The van der Waals surface area contributed by atoms with Crippen molar-refractivity contribution in [1.82, 2.24) is 10.3 Å². The first-order valence-corrected chi connectivity index (χ1v) is 7.04. The molecule has 2 rings (SSSR count). The van der Waals surface area contributed by atoms with Gasteiger partial charge in [0, 0.05) is 11.2 Å². The lowest BCUT2D eigenvalue weighted by molar-refractivity contribution is 0.0935. The van der Waals surface area contributed by atoms with Crippen molar-refractivity contribution >= 4 is 29.1 Å². The van der Waals surface area contributed by atoms with Crippen LogP contribution in [0, 0.1) is 0 Å². The molecule has 0 aliphatic carbocycles. The minimum Gasteiger partial charge on any atom is -0.345 e. The lowest BCUT2D eigenvalue weighted by Crippen LogP contribution is -2.28. The van der Waals surface area contributed by atoms with E-state index < -0.39 is 0 Å². The smallest absolute Gasteiger partial charge is 0.254 e. The summed E-state index contributed by atoms with van der Waals surface area (Å²) in [5.74, 6) is -0.232.